The Balaban J connectivity index is 2.69. The molecule has 1 rings (SSSR count). The smallest absolute Gasteiger partial charge is 0.275 e. The van der Waals surface area contributed by atoms with Gasteiger partial charge in [0.25, 0.3) is 5.91 Å². The van der Waals surface area contributed by atoms with Gasteiger partial charge in [0.15, 0.2) is 5.88 Å². The van der Waals surface area contributed by atoms with Crippen molar-refractivity contribution in [2.24, 2.45) is 0 Å². The number of thioether (sulfide) groups is 1. The van der Waals surface area contributed by atoms with Crippen LogP contribution in [0, 0.1) is 0 Å². The summed E-state index contributed by atoms with van der Waals surface area (Å²) in [4.78, 5) is 12.7. The number of carbonyl (C=O) groups is 1. The minimum atomic E-state index is -0.666. The predicted molar refractivity (Wildman–Crippen MR) is 54.2 cm³/mol. The largest absolute Gasteiger partial charge is 0.494 e. The van der Waals surface area contributed by atoms with Crippen LogP contribution >= 0.6 is 11.8 Å². The van der Waals surface area contributed by atoms with Crippen LogP contribution in [0.25, 0.3) is 0 Å². The minimum absolute atomic E-state index is 0.0446. The number of nitrogens with zero attached hydrogens (tertiary/aromatic N) is 1. The Hall–Kier alpha value is -0.880. The fraction of sp³-hybridized carbons (Fsp3) is 0.625. The number of rotatable bonds is 2. The number of nitrogens with one attached hydrogen (secondary N) is 1. The molecule has 1 heterocycles. The maximum absolute atomic E-state index is 11.0. The van der Waals surface area contributed by atoms with Gasteiger partial charge < -0.3 is 10.0 Å². The highest BCUT2D eigenvalue weighted by Gasteiger charge is 2.17. The maximum Gasteiger partial charge on any atom is 0.275 e. The Morgan fingerprint density at radius 2 is 2.00 bits per heavy atom. The summed E-state index contributed by atoms with van der Waals surface area (Å²) in [6, 6.07) is 0. The summed E-state index contributed by atoms with van der Waals surface area (Å²) in [5.41, 5.74) is 1.63. The van der Waals surface area contributed by atoms with Crippen molar-refractivity contribution < 1.29 is 15.1 Å². The molecule has 1 saturated heterocycles. The van der Waals surface area contributed by atoms with Crippen molar-refractivity contribution in [2.45, 2.75) is 6.92 Å². The van der Waals surface area contributed by atoms with Crippen molar-refractivity contribution in [2.75, 3.05) is 24.6 Å². The molecule has 0 aromatic rings. The van der Waals surface area contributed by atoms with Crippen LogP contribution in [-0.4, -0.2) is 45.7 Å². The lowest BCUT2D eigenvalue weighted by atomic mass is 10.3. The van der Waals surface area contributed by atoms with Gasteiger partial charge in [-0.25, -0.2) is 5.48 Å². The third-order valence-electron chi connectivity index (χ3n) is 2.09. The first kappa shape index (κ1) is 11.2. The monoisotopic (exact) mass is 218 g/mol. The Morgan fingerprint density at radius 1 is 1.43 bits per heavy atom. The van der Waals surface area contributed by atoms with Crippen LogP contribution in [0.15, 0.2) is 11.5 Å². The number of aliphatic hydroxyl groups excluding tert-OH is 1. The van der Waals surface area contributed by atoms with E-state index in [4.69, 9.17) is 5.21 Å². The van der Waals surface area contributed by atoms with Gasteiger partial charge in [-0.15, -0.1) is 0 Å². The molecule has 5 nitrogen and oxygen atoms in total. The highest BCUT2D eigenvalue weighted by molar-refractivity contribution is 7.99. The van der Waals surface area contributed by atoms with Gasteiger partial charge in [-0.1, -0.05) is 0 Å². The molecule has 1 aliphatic rings. The first-order chi connectivity index (χ1) is 6.66. The van der Waals surface area contributed by atoms with Gasteiger partial charge in [0.05, 0.1) is 5.57 Å². The molecule has 0 aromatic heterocycles. The SMILES string of the molecule is CC(C(=O)NO)=C(O)N1CCSCC1. The Kier molecular flexibility index (Phi) is 4.09. The second-order valence-corrected chi connectivity index (χ2v) is 4.21. The topological polar surface area (TPSA) is 72.8 Å². The van der Waals surface area contributed by atoms with Crippen LogP contribution < -0.4 is 5.48 Å². The number of carbonyl (C=O) groups excluding carboxylic acids is 1. The lowest BCUT2D eigenvalue weighted by Gasteiger charge is -2.28. The molecule has 0 radical (unpaired) electrons. The van der Waals surface area contributed by atoms with E-state index >= 15 is 0 Å². The molecule has 0 aromatic carbocycles. The van der Waals surface area contributed by atoms with Crippen molar-refractivity contribution in [3.05, 3.63) is 11.5 Å². The normalized spacial score (nSPS) is 18.9. The lowest BCUT2D eigenvalue weighted by molar-refractivity contribution is -0.125. The molecule has 3 N–H and O–H groups in total. The highest BCUT2D eigenvalue weighted by Crippen LogP contribution is 2.15. The number of amides is 1. The molecule has 80 valence electrons. The summed E-state index contributed by atoms with van der Waals surface area (Å²) < 4.78 is 0. The fourth-order valence-corrected chi connectivity index (χ4v) is 2.10. The van der Waals surface area contributed by atoms with Crippen molar-refractivity contribution in [3.63, 3.8) is 0 Å². The zero-order chi connectivity index (χ0) is 10.6. The second kappa shape index (κ2) is 5.11. The van der Waals surface area contributed by atoms with Crippen LogP contribution in [0.3, 0.4) is 0 Å². The van der Waals surface area contributed by atoms with Crippen LogP contribution in [-0.2, 0) is 4.79 Å². The van der Waals surface area contributed by atoms with Crippen LogP contribution in [0.4, 0.5) is 0 Å². The summed E-state index contributed by atoms with van der Waals surface area (Å²) >= 11 is 1.82. The van der Waals surface area contributed by atoms with Crippen molar-refractivity contribution in [1.82, 2.24) is 10.4 Å². The van der Waals surface area contributed by atoms with Gasteiger partial charge in [-0.05, 0) is 6.92 Å². The summed E-state index contributed by atoms with van der Waals surface area (Å²) in [5, 5.41) is 18.1. The van der Waals surface area contributed by atoms with E-state index < -0.39 is 5.91 Å². The number of hydrogen-bond acceptors (Lipinski definition) is 5. The molecule has 0 spiro atoms. The zero-order valence-corrected chi connectivity index (χ0v) is 8.80. The Labute approximate surface area is 86.7 Å². The average molecular weight is 218 g/mol. The van der Waals surface area contributed by atoms with Gasteiger partial charge in [0, 0.05) is 24.6 Å². The van der Waals surface area contributed by atoms with Gasteiger partial charge in [-0.2, -0.15) is 11.8 Å². The van der Waals surface area contributed by atoms with E-state index in [1.54, 1.807) is 4.90 Å². The molecule has 0 aliphatic carbocycles. The third kappa shape index (κ3) is 2.55. The molecule has 0 atom stereocenters. The first-order valence-electron chi connectivity index (χ1n) is 4.33. The van der Waals surface area contributed by atoms with Crippen LogP contribution in [0.5, 0.6) is 0 Å². The molecule has 1 amide bonds. The lowest BCUT2D eigenvalue weighted by Crippen LogP contribution is -2.34. The Bertz CT molecular complexity index is 249. The van der Waals surface area contributed by atoms with E-state index in [0.717, 1.165) is 24.6 Å². The van der Waals surface area contributed by atoms with Crippen LogP contribution in [0.1, 0.15) is 6.92 Å². The minimum Gasteiger partial charge on any atom is -0.494 e. The molecule has 0 unspecified atom stereocenters. The fourth-order valence-electron chi connectivity index (χ4n) is 1.20. The summed E-state index contributed by atoms with van der Waals surface area (Å²) in [7, 11) is 0. The summed E-state index contributed by atoms with van der Waals surface area (Å²) in [6.45, 7) is 2.93. The van der Waals surface area contributed by atoms with E-state index in [9.17, 15) is 9.90 Å². The van der Waals surface area contributed by atoms with E-state index in [2.05, 4.69) is 0 Å². The van der Waals surface area contributed by atoms with Gasteiger partial charge >= 0.3 is 0 Å². The third-order valence-corrected chi connectivity index (χ3v) is 3.03. The number of aliphatic hydroxyl groups is 1. The van der Waals surface area contributed by atoms with Crippen molar-refractivity contribution >= 4 is 17.7 Å². The Morgan fingerprint density at radius 3 is 2.50 bits per heavy atom. The molecule has 1 fully saturated rings. The average Bonchev–Trinajstić information content (AvgIpc) is 2.27. The quantitative estimate of drug-likeness (QED) is 0.269. The zero-order valence-electron chi connectivity index (χ0n) is 7.99. The number of hydroxylamine groups is 1. The molecule has 6 heteroatoms. The molecule has 14 heavy (non-hydrogen) atoms. The summed E-state index contributed by atoms with van der Waals surface area (Å²) in [5.74, 6) is 1.17. The molecule has 1 aliphatic heterocycles. The standard InChI is InChI=1S/C8H14N2O3S/c1-6(7(11)9-13)8(12)10-2-4-14-5-3-10/h12-13H,2-5H2,1H3,(H,9,11). The summed E-state index contributed by atoms with van der Waals surface area (Å²) in [6.07, 6.45) is 0. The van der Waals surface area contributed by atoms with Gasteiger partial charge in [0.2, 0.25) is 0 Å². The van der Waals surface area contributed by atoms with Gasteiger partial charge in [0.1, 0.15) is 0 Å². The van der Waals surface area contributed by atoms with Crippen molar-refractivity contribution in [1.29, 1.82) is 0 Å². The molecule has 0 bridgehead atoms. The first-order valence-corrected chi connectivity index (χ1v) is 5.49. The van der Waals surface area contributed by atoms with E-state index in [1.165, 1.54) is 12.4 Å². The van der Waals surface area contributed by atoms with E-state index in [-0.39, 0.29) is 11.5 Å². The second-order valence-electron chi connectivity index (χ2n) is 2.99. The molecular weight excluding hydrogens is 204 g/mol. The van der Waals surface area contributed by atoms with Gasteiger partial charge in [-0.3, -0.25) is 10.0 Å². The number of hydrogen-bond donors (Lipinski definition) is 3. The van der Waals surface area contributed by atoms with Crippen molar-refractivity contribution in [3.8, 4) is 0 Å². The predicted octanol–water partition coefficient (Wildman–Crippen LogP) is 0.330. The van der Waals surface area contributed by atoms with E-state index in [0.29, 0.717) is 0 Å². The maximum atomic E-state index is 11.0. The molecular formula is C8H14N2O3S. The van der Waals surface area contributed by atoms with Crippen LogP contribution in [0.2, 0.25) is 0 Å². The van der Waals surface area contributed by atoms with E-state index in [1.807, 2.05) is 11.8 Å². The highest BCUT2D eigenvalue weighted by atomic mass is 32.2. The molecule has 0 saturated carbocycles.